The van der Waals surface area contributed by atoms with Gasteiger partial charge in [0.25, 0.3) is 5.91 Å². The van der Waals surface area contributed by atoms with Gasteiger partial charge in [0, 0.05) is 5.57 Å². The molecule has 0 radical (unpaired) electrons. The van der Waals surface area contributed by atoms with Crippen LogP contribution in [0.2, 0.25) is 0 Å². The Morgan fingerprint density at radius 1 is 1.32 bits per heavy atom. The normalized spacial score (nSPS) is 17.5. The predicted molar refractivity (Wildman–Crippen MR) is 76.1 cm³/mol. The lowest BCUT2D eigenvalue weighted by Crippen LogP contribution is -2.44. The van der Waals surface area contributed by atoms with Crippen LogP contribution in [0.5, 0.6) is 5.75 Å². The van der Waals surface area contributed by atoms with E-state index < -0.39 is 5.54 Å². The van der Waals surface area contributed by atoms with Crippen molar-refractivity contribution in [3.63, 3.8) is 0 Å². The van der Waals surface area contributed by atoms with Crippen LogP contribution in [-0.4, -0.2) is 18.1 Å². The first-order chi connectivity index (χ1) is 8.96. The minimum absolute atomic E-state index is 0.128. The van der Waals surface area contributed by atoms with Gasteiger partial charge in [0.05, 0.1) is 17.8 Å². The lowest BCUT2D eigenvalue weighted by Gasteiger charge is -2.32. The minimum atomic E-state index is -0.428. The molecule has 0 aliphatic carbocycles. The van der Waals surface area contributed by atoms with Gasteiger partial charge in [-0.2, -0.15) is 0 Å². The second-order valence-electron chi connectivity index (χ2n) is 5.16. The molecular weight excluding hydrogens is 240 g/mol. The maximum Gasteiger partial charge on any atom is 0.267 e. The maximum atomic E-state index is 11.7. The molecule has 0 bridgehead atoms. The van der Waals surface area contributed by atoms with Gasteiger partial charge in [-0.1, -0.05) is 13.5 Å². The molecule has 0 spiro atoms. The monoisotopic (exact) mass is 260 g/mol. The first kappa shape index (κ1) is 13.5. The molecule has 0 atom stereocenters. The minimum Gasteiger partial charge on any atom is -0.494 e. The molecule has 1 fully saturated rings. The summed E-state index contributed by atoms with van der Waals surface area (Å²) >= 11 is 0. The molecule has 1 aliphatic heterocycles. The molecule has 4 nitrogen and oxygen atoms in total. The molecule has 0 aromatic heterocycles. The Morgan fingerprint density at radius 3 is 2.42 bits per heavy atom. The van der Waals surface area contributed by atoms with Gasteiger partial charge >= 0.3 is 0 Å². The van der Waals surface area contributed by atoms with Gasteiger partial charge < -0.3 is 4.74 Å². The van der Waals surface area contributed by atoms with Crippen LogP contribution in [0.15, 0.2) is 36.4 Å². The molecule has 1 saturated heterocycles. The van der Waals surface area contributed by atoms with Crippen molar-refractivity contribution >= 4 is 11.6 Å². The zero-order chi connectivity index (χ0) is 14.0. The quantitative estimate of drug-likeness (QED) is 0.846. The van der Waals surface area contributed by atoms with E-state index in [-0.39, 0.29) is 5.91 Å². The van der Waals surface area contributed by atoms with Crippen LogP contribution in [0.1, 0.15) is 27.2 Å². The van der Waals surface area contributed by atoms with Crippen LogP contribution in [0.3, 0.4) is 0 Å². The summed E-state index contributed by atoms with van der Waals surface area (Å²) in [7, 11) is 0. The van der Waals surface area contributed by atoms with Crippen LogP contribution in [0.25, 0.3) is 0 Å². The Labute approximate surface area is 114 Å². The molecule has 1 amide bonds. The Bertz CT molecular complexity index is 491. The third-order valence-electron chi connectivity index (χ3n) is 3.35. The van der Waals surface area contributed by atoms with Gasteiger partial charge in [-0.3, -0.25) is 15.2 Å². The van der Waals surface area contributed by atoms with Crippen LogP contribution in [0.4, 0.5) is 5.69 Å². The number of amides is 1. The number of anilines is 1. The number of ether oxygens (including phenoxy) is 1. The third kappa shape index (κ3) is 2.43. The van der Waals surface area contributed by atoms with E-state index in [1.165, 1.54) is 0 Å². The maximum absolute atomic E-state index is 11.7. The summed E-state index contributed by atoms with van der Waals surface area (Å²) in [6.45, 7) is 10.6. The summed E-state index contributed by atoms with van der Waals surface area (Å²) in [5.41, 5.74) is 3.88. The number of hydrazine groups is 1. The number of hydrogen-bond acceptors (Lipinski definition) is 3. The van der Waals surface area contributed by atoms with Crippen molar-refractivity contribution in [3.05, 3.63) is 36.4 Å². The Balaban J connectivity index is 2.19. The van der Waals surface area contributed by atoms with Crippen LogP contribution in [-0.2, 0) is 4.79 Å². The predicted octanol–water partition coefficient (Wildman–Crippen LogP) is 2.66. The van der Waals surface area contributed by atoms with Gasteiger partial charge in [-0.05, 0) is 44.5 Å². The lowest BCUT2D eigenvalue weighted by atomic mass is 9.96. The molecule has 19 heavy (non-hydrogen) atoms. The highest BCUT2D eigenvalue weighted by atomic mass is 16.5. The van der Waals surface area contributed by atoms with Crippen LogP contribution in [0, 0.1) is 0 Å². The summed E-state index contributed by atoms with van der Waals surface area (Å²) in [5, 5.41) is 1.83. The molecule has 2 rings (SSSR count). The fourth-order valence-electron chi connectivity index (χ4n) is 2.02. The van der Waals surface area contributed by atoms with Crippen molar-refractivity contribution in [2.75, 3.05) is 11.6 Å². The second kappa shape index (κ2) is 4.96. The summed E-state index contributed by atoms with van der Waals surface area (Å²) < 4.78 is 5.54. The van der Waals surface area contributed by atoms with Crippen molar-refractivity contribution in [2.45, 2.75) is 32.7 Å². The highest BCUT2D eigenvalue weighted by Gasteiger charge is 2.41. The fraction of sp³-hybridized carbons (Fsp3) is 0.400. The highest BCUT2D eigenvalue weighted by molar-refractivity contribution is 6.00. The van der Waals surface area contributed by atoms with E-state index in [1.807, 2.05) is 43.1 Å². The first-order valence-electron chi connectivity index (χ1n) is 6.50. The molecule has 0 saturated carbocycles. The van der Waals surface area contributed by atoms with Crippen LogP contribution >= 0.6 is 0 Å². The van der Waals surface area contributed by atoms with E-state index in [0.717, 1.165) is 17.9 Å². The van der Waals surface area contributed by atoms with E-state index in [1.54, 1.807) is 0 Å². The SMILES string of the molecule is C=C1C(=O)NN(c2ccc(OCCC)cc2)C1(C)C. The molecule has 1 N–H and O–H groups in total. The molecular formula is C15H20N2O2. The van der Waals surface area contributed by atoms with Gasteiger partial charge in [-0.15, -0.1) is 0 Å². The second-order valence-corrected chi connectivity index (χ2v) is 5.16. The van der Waals surface area contributed by atoms with E-state index in [4.69, 9.17) is 4.74 Å². The Hall–Kier alpha value is -1.97. The number of carbonyl (C=O) groups is 1. The van der Waals surface area contributed by atoms with E-state index >= 15 is 0 Å². The summed E-state index contributed by atoms with van der Waals surface area (Å²) in [6.07, 6.45) is 0.983. The number of hydrogen-bond donors (Lipinski definition) is 1. The number of nitrogens with zero attached hydrogens (tertiary/aromatic N) is 1. The molecule has 1 heterocycles. The number of nitrogens with one attached hydrogen (secondary N) is 1. The van der Waals surface area contributed by atoms with Crippen molar-refractivity contribution in [1.29, 1.82) is 0 Å². The van der Waals surface area contributed by atoms with Gasteiger partial charge in [0.15, 0.2) is 0 Å². The van der Waals surface area contributed by atoms with E-state index in [0.29, 0.717) is 12.2 Å². The molecule has 4 heteroatoms. The summed E-state index contributed by atoms with van der Waals surface area (Å²) in [6, 6.07) is 7.69. The molecule has 1 aliphatic rings. The molecule has 1 aromatic carbocycles. The summed E-state index contributed by atoms with van der Waals surface area (Å²) in [4.78, 5) is 11.7. The average molecular weight is 260 g/mol. The molecule has 102 valence electrons. The smallest absolute Gasteiger partial charge is 0.267 e. The van der Waals surface area contributed by atoms with Crippen molar-refractivity contribution in [1.82, 2.24) is 5.43 Å². The standard InChI is InChI=1S/C15H20N2O2/c1-5-10-19-13-8-6-12(7-9-13)17-15(3,4)11(2)14(18)16-17/h6-9H,2,5,10H2,1,3-4H3,(H,16,18). The van der Waals surface area contributed by atoms with Crippen molar-refractivity contribution < 1.29 is 9.53 Å². The Morgan fingerprint density at radius 2 is 1.95 bits per heavy atom. The number of benzene rings is 1. The topological polar surface area (TPSA) is 41.6 Å². The van der Waals surface area contributed by atoms with E-state index in [9.17, 15) is 4.79 Å². The van der Waals surface area contributed by atoms with Gasteiger partial charge in [-0.25, -0.2) is 0 Å². The Kier molecular flexibility index (Phi) is 3.51. The van der Waals surface area contributed by atoms with Crippen molar-refractivity contribution in [3.8, 4) is 5.75 Å². The molecule has 0 unspecified atom stereocenters. The first-order valence-corrected chi connectivity index (χ1v) is 6.50. The number of carbonyl (C=O) groups excluding carboxylic acids is 1. The zero-order valence-electron chi connectivity index (χ0n) is 11.7. The highest BCUT2D eigenvalue weighted by Crippen LogP contribution is 2.32. The zero-order valence-corrected chi connectivity index (χ0v) is 11.7. The van der Waals surface area contributed by atoms with E-state index in [2.05, 4.69) is 18.9 Å². The van der Waals surface area contributed by atoms with Crippen molar-refractivity contribution in [2.24, 2.45) is 0 Å². The van der Waals surface area contributed by atoms with Gasteiger partial charge in [0.2, 0.25) is 0 Å². The van der Waals surface area contributed by atoms with Crippen LogP contribution < -0.4 is 15.2 Å². The average Bonchev–Trinajstić information content (AvgIpc) is 2.60. The number of rotatable bonds is 4. The largest absolute Gasteiger partial charge is 0.494 e. The lowest BCUT2D eigenvalue weighted by molar-refractivity contribution is -0.116. The fourth-order valence-corrected chi connectivity index (χ4v) is 2.02. The summed E-state index contributed by atoms with van der Waals surface area (Å²) in [5.74, 6) is 0.712. The third-order valence-corrected chi connectivity index (χ3v) is 3.35. The van der Waals surface area contributed by atoms with Gasteiger partial charge in [0.1, 0.15) is 5.75 Å². The molecule has 1 aromatic rings.